The van der Waals surface area contributed by atoms with Crippen molar-refractivity contribution in [2.24, 2.45) is 17.8 Å². The molecule has 32 heavy (non-hydrogen) atoms. The van der Waals surface area contributed by atoms with Gasteiger partial charge in [-0.3, -0.25) is 0 Å². The number of benzene rings is 1. The van der Waals surface area contributed by atoms with E-state index < -0.39 is 0 Å². The van der Waals surface area contributed by atoms with Crippen LogP contribution in [0, 0.1) is 17.8 Å². The maximum Gasteiger partial charge on any atom is 0.225 e. The van der Waals surface area contributed by atoms with Gasteiger partial charge in [-0.25, -0.2) is 4.98 Å². The smallest absolute Gasteiger partial charge is 0.225 e. The van der Waals surface area contributed by atoms with Crippen LogP contribution in [-0.2, 0) is 0 Å². The lowest BCUT2D eigenvalue weighted by Gasteiger charge is -2.30. The average Bonchev–Trinajstić information content (AvgIpc) is 3.41. The third-order valence-electron chi connectivity index (χ3n) is 7.79. The molecule has 3 saturated carbocycles. The van der Waals surface area contributed by atoms with E-state index in [0.717, 1.165) is 59.0 Å². The molecule has 6 nitrogen and oxygen atoms in total. The van der Waals surface area contributed by atoms with Crippen LogP contribution in [0.3, 0.4) is 0 Å². The predicted molar refractivity (Wildman–Crippen MR) is 136 cm³/mol. The SMILES string of the molecule is CN(C)c1nc(NC2CCC(CNC(=S)NC3C[C@H]4CC[C@H]3C4)CC2)nc2ccccc12. The molecule has 0 spiro atoms. The molecule has 3 fully saturated rings. The zero-order valence-corrected chi connectivity index (χ0v) is 20.1. The van der Waals surface area contributed by atoms with Crippen LogP contribution in [-0.4, -0.2) is 47.8 Å². The van der Waals surface area contributed by atoms with Crippen molar-refractivity contribution in [3.8, 4) is 0 Å². The number of thiocarbonyl (C=S) groups is 1. The van der Waals surface area contributed by atoms with E-state index in [1.165, 1.54) is 38.5 Å². The zero-order valence-electron chi connectivity index (χ0n) is 19.3. The molecule has 0 amide bonds. The minimum atomic E-state index is 0.432. The fourth-order valence-corrected chi connectivity index (χ4v) is 6.27. The lowest BCUT2D eigenvalue weighted by molar-refractivity contribution is 0.334. The number of para-hydroxylation sites is 1. The molecule has 1 aromatic carbocycles. The summed E-state index contributed by atoms with van der Waals surface area (Å²) in [6.45, 7) is 0.983. The number of hydrogen-bond acceptors (Lipinski definition) is 5. The monoisotopic (exact) mass is 452 g/mol. The van der Waals surface area contributed by atoms with Gasteiger partial charge in [0.05, 0.1) is 5.52 Å². The van der Waals surface area contributed by atoms with Crippen LogP contribution in [0.2, 0.25) is 0 Å². The molecule has 2 bridgehead atoms. The van der Waals surface area contributed by atoms with Crippen molar-refractivity contribution in [1.29, 1.82) is 0 Å². The first-order valence-corrected chi connectivity index (χ1v) is 12.7. The van der Waals surface area contributed by atoms with Gasteiger partial charge in [-0.15, -0.1) is 0 Å². The van der Waals surface area contributed by atoms with Crippen LogP contribution in [0.15, 0.2) is 24.3 Å². The Morgan fingerprint density at radius 3 is 2.56 bits per heavy atom. The highest BCUT2D eigenvalue weighted by Crippen LogP contribution is 2.44. The fourth-order valence-electron chi connectivity index (χ4n) is 6.04. The van der Waals surface area contributed by atoms with E-state index >= 15 is 0 Å². The van der Waals surface area contributed by atoms with Gasteiger partial charge in [-0.05, 0) is 87.1 Å². The van der Waals surface area contributed by atoms with Gasteiger partial charge in [-0.2, -0.15) is 4.98 Å². The number of fused-ring (bicyclic) bond motifs is 3. The molecule has 1 heterocycles. The van der Waals surface area contributed by atoms with E-state index in [2.05, 4.69) is 33.0 Å². The normalized spacial score (nSPS) is 29.1. The summed E-state index contributed by atoms with van der Waals surface area (Å²) < 4.78 is 0. The van der Waals surface area contributed by atoms with Gasteiger partial charge >= 0.3 is 0 Å². The Bertz CT molecular complexity index is 955. The summed E-state index contributed by atoms with van der Waals surface area (Å²) in [5, 5.41) is 12.7. The van der Waals surface area contributed by atoms with Crippen LogP contribution < -0.4 is 20.9 Å². The third kappa shape index (κ3) is 4.77. The average molecular weight is 453 g/mol. The Balaban J connectivity index is 1.09. The summed E-state index contributed by atoms with van der Waals surface area (Å²) in [7, 11) is 4.07. The Labute approximate surface area is 197 Å². The molecule has 3 aliphatic rings. The van der Waals surface area contributed by atoms with Gasteiger partial charge in [0.1, 0.15) is 5.82 Å². The molecule has 0 aliphatic heterocycles. The zero-order chi connectivity index (χ0) is 22.1. The first-order valence-electron chi connectivity index (χ1n) is 12.3. The Morgan fingerprint density at radius 1 is 1.03 bits per heavy atom. The molecule has 5 rings (SSSR count). The van der Waals surface area contributed by atoms with E-state index in [-0.39, 0.29) is 0 Å². The van der Waals surface area contributed by atoms with Crippen LogP contribution in [0.5, 0.6) is 0 Å². The largest absolute Gasteiger partial charge is 0.362 e. The van der Waals surface area contributed by atoms with Crippen molar-refractivity contribution in [2.75, 3.05) is 30.9 Å². The summed E-state index contributed by atoms with van der Waals surface area (Å²) in [6, 6.07) is 9.27. The van der Waals surface area contributed by atoms with Crippen molar-refractivity contribution < 1.29 is 0 Å². The number of rotatable bonds is 6. The molecule has 0 saturated heterocycles. The number of nitrogens with one attached hydrogen (secondary N) is 3. The van der Waals surface area contributed by atoms with Gasteiger partial charge < -0.3 is 20.9 Å². The van der Waals surface area contributed by atoms with Crippen molar-refractivity contribution in [3.05, 3.63) is 24.3 Å². The second kappa shape index (κ2) is 9.38. The van der Waals surface area contributed by atoms with E-state index in [4.69, 9.17) is 22.2 Å². The minimum Gasteiger partial charge on any atom is -0.362 e. The highest BCUT2D eigenvalue weighted by Gasteiger charge is 2.39. The second-order valence-corrected chi connectivity index (χ2v) is 10.7. The molecule has 7 heteroatoms. The van der Waals surface area contributed by atoms with Gasteiger partial charge in [0.25, 0.3) is 0 Å². The molecular formula is C25H36N6S. The maximum atomic E-state index is 5.60. The molecule has 3 aliphatic carbocycles. The minimum absolute atomic E-state index is 0.432. The van der Waals surface area contributed by atoms with Crippen LogP contribution in [0.4, 0.5) is 11.8 Å². The number of aromatic nitrogens is 2. The molecule has 1 aromatic heterocycles. The molecule has 1 unspecified atom stereocenters. The summed E-state index contributed by atoms with van der Waals surface area (Å²) in [4.78, 5) is 11.6. The van der Waals surface area contributed by atoms with Gasteiger partial charge in [-0.1, -0.05) is 18.6 Å². The summed E-state index contributed by atoms with van der Waals surface area (Å²) >= 11 is 5.60. The number of hydrogen-bond donors (Lipinski definition) is 3. The van der Waals surface area contributed by atoms with Crippen molar-refractivity contribution in [3.63, 3.8) is 0 Å². The van der Waals surface area contributed by atoms with Crippen LogP contribution >= 0.6 is 12.2 Å². The highest BCUT2D eigenvalue weighted by molar-refractivity contribution is 7.80. The standard InChI is InChI=1S/C25H36N6S/c1-31(2)23-20-5-3-4-6-21(20)28-24(30-23)27-19-11-8-16(9-12-19)15-26-25(32)29-22-14-17-7-10-18(22)13-17/h3-6,16-19,22H,7-15H2,1-2H3,(H2,26,29,32)(H,27,28,30)/t16?,17-,18-,19?,22?/m0/s1. The molecule has 172 valence electrons. The lowest BCUT2D eigenvalue weighted by atomic mass is 9.86. The Morgan fingerprint density at radius 2 is 1.84 bits per heavy atom. The van der Waals surface area contributed by atoms with Gasteiger partial charge in [0.2, 0.25) is 5.95 Å². The molecule has 2 aromatic rings. The molecule has 3 N–H and O–H groups in total. The van der Waals surface area contributed by atoms with Gasteiger partial charge in [0.15, 0.2) is 5.11 Å². The molecule has 3 atom stereocenters. The van der Waals surface area contributed by atoms with E-state index in [1.807, 2.05) is 26.2 Å². The van der Waals surface area contributed by atoms with E-state index in [0.29, 0.717) is 18.0 Å². The van der Waals surface area contributed by atoms with Crippen molar-refractivity contribution in [1.82, 2.24) is 20.6 Å². The van der Waals surface area contributed by atoms with E-state index in [1.54, 1.807) is 0 Å². The topological polar surface area (TPSA) is 65.1 Å². The first kappa shape index (κ1) is 21.7. The van der Waals surface area contributed by atoms with Crippen LogP contribution in [0.25, 0.3) is 10.9 Å². The number of nitrogens with zero attached hydrogens (tertiary/aromatic N) is 3. The third-order valence-corrected chi connectivity index (χ3v) is 8.05. The lowest BCUT2D eigenvalue weighted by Crippen LogP contribution is -2.45. The summed E-state index contributed by atoms with van der Waals surface area (Å²) in [5.41, 5.74) is 0.989. The first-order chi connectivity index (χ1) is 15.5. The fraction of sp³-hybridized carbons (Fsp3) is 0.640. The Kier molecular flexibility index (Phi) is 6.35. The summed E-state index contributed by atoms with van der Waals surface area (Å²) in [5.74, 6) is 4.19. The quantitative estimate of drug-likeness (QED) is 0.564. The maximum absolute atomic E-state index is 5.60. The number of anilines is 2. The molecule has 0 radical (unpaired) electrons. The molecular weight excluding hydrogens is 416 g/mol. The predicted octanol–water partition coefficient (Wildman–Crippen LogP) is 4.32. The van der Waals surface area contributed by atoms with Gasteiger partial charge in [0, 0.05) is 38.1 Å². The van der Waals surface area contributed by atoms with E-state index in [9.17, 15) is 0 Å². The second-order valence-electron chi connectivity index (χ2n) is 10.3. The van der Waals surface area contributed by atoms with Crippen molar-refractivity contribution >= 4 is 40.0 Å². The van der Waals surface area contributed by atoms with Crippen LogP contribution in [0.1, 0.15) is 51.4 Å². The van der Waals surface area contributed by atoms with Crippen molar-refractivity contribution in [2.45, 2.75) is 63.5 Å². The highest BCUT2D eigenvalue weighted by atomic mass is 32.1. The summed E-state index contributed by atoms with van der Waals surface area (Å²) in [6.07, 6.45) is 10.2. The Hall–Kier alpha value is -2.15.